The Morgan fingerprint density at radius 3 is 2.10 bits per heavy atom. The third-order valence-electron chi connectivity index (χ3n) is 8.53. The second-order valence-corrected chi connectivity index (χ2v) is 13.7. The third-order valence-corrected chi connectivity index (χ3v) is 10.3. The van der Waals surface area contributed by atoms with Crippen molar-refractivity contribution in [2.75, 3.05) is 19.7 Å². The van der Waals surface area contributed by atoms with E-state index in [1.807, 2.05) is 6.92 Å². The third kappa shape index (κ3) is 8.03. The Morgan fingerprint density at radius 1 is 0.878 bits per heavy atom. The van der Waals surface area contributed by atoms with Crippen LogP contribution in [0.15, 0.2) is 102 Å². The number of rotatable bonds is 12. The highest BCUT2D eigenvalue weighted by molar-refractivity contribution is 7.89. The molecule has 1 aliphatic heterocycles. The van der Waals surface area contributed by atoms with E-state index in [1.165, 1.54) is 28.6 Å². The fraction of sp³-hybridized carbons (Fsp3) is 0.286. The van der Waals surface area contributed by atoms with Crippen molar-refractivity contribution in [3.8, 4) is 11.5 Å². The Labute approximate surface area is 281 Å². The van der Waals surface area contributed by atoms with Gasteiger partial charge in [0.1, 0.15) is 11.5 Å². The number of nitrogens with one attached hydrogen (secondary N) is 1. The summed E-state index contributed by atoms with van der Waals surface area (Å²) in [6, 6.07) is 23.0. The Hall–Kier alpha value is -4.95. The van der Waals surface area contributed by atoms with Crippen LogP contribution in [0.1, 0.15) is 38.9 Å². The molecule has 14 heteroatoms. The van der Waals surface area contributed by atoms with Gasteiger partial charge in [0.25, 0.3) is 11.8 Å². The minimum atomic E-state index is -4.81. The molecule has 2 fully saturated rings. The number of hydrogen-bond donors (Lipinski definition) is 1. The average molecular weight is 695 g/mol. The molecule has 0 bridgehead atoms. The molecule has 2 heterocycles. The Bertz CT molecular complexity index is 1880. The summed E-state index contributed by atoms with van der Waals surface area (Å²) in [5, 5.41) is 3.03. The summed E-state index contributed by atoms with van der Waals surface area (Å²) in [6.07, 6.45) is -3.21. The van der Waals surface area contributed by atoms with Gasteiger partial charge >= 0.3 is 6.36 Å². The summed E-state index contributed by atoms with van der Waals surface area (Å²) in [5.74, 6) is -0.260. The maximum Gasteiger partial charge on any atom is 0.573 e. The van der Waals surface area contributed by atoms with Crippen molar-refractivity contribution in [1.82, 2.24) is 19.5 Å². The van der Waals surface area contributed by atoms with E-state index in [4.69, 9.17) is 4.74 Å². The Morgan fingerprint density at radius 2 is 1.51 bits per heavy atom. The summed E-state index contributed by atoms with van der Waals surface area (Å²) in [7, 11) is -3.93. The minimum absolute atomic E-state index is 0.0420. The fourth-order valence-electron chi connectivity index (χ4n) is 6.01. The van der Waals surface area contributed by atoms with E-state index in [9.17, 15) is 31.2 Å². The Balaban J connectivity index is 1.05. The van der Waals surface area contributed by atoms with Crippen molar-refractivity contribution >= 4 is 21.8 Å². The van der Waals surface area contributed by atoms with E-state index in [0.29, 0.717) is 42.3 Å². The van der Waals surface area contributed by atoms with Gasteiger partial charge in [0.2, 0.25) is 10.0 Å². The summed E-state index contributed by atoms with van der Waals surface area (Å²) >= 11 is 0. The van der Waals surface area contributed by atoms with Crippen molar-refractivity contribution < 1.29 is 40.7 Å². The molecule has 0 radical (unpaired) electrons. The highest BCUT2D eigenvalue weighted by atomic mass is 32.2. The number of benzene rings is 3. The van der Waals surface area contributed by atoms with Crippen molar-refractivity contribution in [3.63, 3.8) is 0 Å². The predicted molar refractivity (Wildman–Crippen MR) is 172 cm³/mol. The van der Waals surface area contributed by atoms with Crippen molar-refractivity contribution in [3.05, 3.63) is 120 Å². The van der Waals surface area contributed by atoms with Crippen LogP contribution < -0.4 is 14.8 Å². The zero-order valence-electron chi connectivity index (χ0n) is 26.3. The lowest BCUT2D eigenvalue weighted by atomic mass is 10.1. The van der Waals surface area contributed by atoms with Crippen LogP contribution in [0.2, 0.25) is 0 Å². The zero-order valence-corrected chi connectivity index (χ0v) is 27.2. The van der Waals surface area contributed by atoms with E-state index in [0.717, 1.165) is 12.1 Å². The number of aromatic nitrogens is 1. The second kappa shape index (κ2) is 13.9. The standard InChI is InChI=1S/C35H33F3N4O6S/c1-2-47-27-14-16-29(17-15-27)49(45,46)42(20-26-5-3-4-18-39-26)19-23-6-8-24(9-7-23)33(43)40-32-30-21-41(22-31(30)32)34(44)25-10-12-28(13-11-25)48-35(36,37)38/h3-18,30-32H,2,19-22H2,1H3,(H,40,43). The van der Waals surface area contributed by atoms with Gasteiger partial charge in [0, 0.05) is 54.8 Å². The maximum atomic E-state index is 13.7. The molecule has 1 saturated heterocycles. The van der Waals surface area contributed by atoms with Crippen LogP contribution in [-0.2, 0) is 23.1 Å². The van der Waals surface area contributed by atoms with Crippen molar-refractivity contribution in [2.24, 2.45) is 11.8 Å². The molecule has 1 N–H and O–H groups in total. The molecule has 6 rings (SSSR count). The lowest BCUT2D eigenvalue weighted by Crippen LogP contribution is -2.37. The number of likely N-dealkylation sites (tertiary alicyclic amines) is 1. The summed E-state index contributed by atoms with van der Waals surface area (Å²) in [6.45, 7) is 3.23. The summed E-state index contributed by atoms with van der Waals surface area (Å²) in [4.78, 5) is 32.0. The molecule has 3 aromatic carbocycles. The molecular formula is C35H33F3N4O6S. The molecule has 1 saturated carbocycles. The van der Waals surface area contributed by atoms with Crippen LogP contribution in [0, 0.1) is 11.8 Å². The lowest BCUT2D eigenvalue weighted by molar-refractivity contribution is -0.274. The van der Waals surface area contributed by atoms with Crippen molar-refractivity contribution in [1.29, 1.82) is 0 Å². The van der Waals surface area contributed by atoms with Crippen LogP contribution in [0.25, 0.3) is 0 Å². The summed E-state index contributed by atoms with van der Waals surface area (Å²) < 4.78 is 75.4. The van der Waals surface area contributed by atoms with Gasteiger partial charge in [-0.3, -0.25) is 14.6 Å². The number of pyridine rings is 1. The number of amides is 2. The van der Waals surface area contributed by atoms with Gasteiger partial charge in [-0.2, -0.15) is 4.31 Å². The zero-order chi connectivity index (χ0) is 34.8. The van der Waals surface area contributed by atoms with Gasteiger partial charge in [-0.1, -0.05) is 18.2 Å². The van der Waals surface area contributed by atoms with E-state index >= 15 is 0 Å². The largest absolute Gasteiger partial charge is 0.573 e. The fourth-order valence-corrected chi connectivity index (χ4v) is 7.41. The molecular weight excluding hydrogens is 661 g/mol. The molecule has 1 aromatic heterocycles. The molecule has 49 heavy (non-hydrogen) atoms. The molecule has 2 unspecified atom stereocenters. The number of halogens is 3. The number of piperidine rings is 1. The average Bonchev–Trinajstić information content (AvgIpc) is 3.50. The first-order valence-corrected chi connectivity index (χ1v) is 17.0. The highest BCUT2D eigenvalue weighted by Crippen LogP contribution is 2.46. The van der Waals surface area contributed by atoms with Gasteiger partial charge in [-0.15, -0.1) is 13.2 Å². The van der Waals surface area contributed by atoms with E-state index < -0.39 is 22.1 Å². The van der Waals surface area contributed by atoms with Gasteiger partial charge in [-0.25, -0.2) is 8.42 Å². The molecule has 1 aliphatic carbocycles. The van der Waals surface area contributed by atoms with E-state index in [1.54, 1.807) is 65.7 Å². The summed E-state index contributed by atoms with van der Waals surface area (Å²) in [5.41, 5.74) is 1.92. The van der Waals surface area contributed by atoms with Gasteiger partial charge in [-0.05, 0) is 85.3 Å². The molecule has 256 valence electrons. The van der Waals surface area contributed by atoms with Crippen LogP contribution in [0.4, 0.5) is 13.2 Å². The monoisotopic (exact) mass is 694 g/mol. The molecule has 2 aliphatic rings. The van der Waals surface area contributed by atoms with Crippen LogP contribution >= 0.6 is 0 Å². The molecule has 2 atom stereocenters. The van der Waals surface area contributed by atoms with Crippen LogP contribution in [0.5, 0.6) is 11.5 Å². The van der Waals surface area contributed by atoms with Crippen molar-refractivity contribution in [2.45, 2.75) is 37.3 Å². The maximum absolute atomic E-state index is 13.7. The molecule has 10 nitrogen and oxygen atoms in total. The van der Waals surface area contributed by atoms with Crippen LogP contribution in [0.3, 0.4) is 0 Å². The number of nitrogens with zero attached hydrogens (tertiary/aromatic N) is 3. The first-order chi connectivity index (χ1) is 23.4. The van der Waals surface area contributed by atoms with E-state index in [-0.39, 0.29) is 53.2 Å². The van der Waals surface area contributed by atoms with Gasteiger partial charge in [0.05, 0.1) is 23.7 Å². The first kappa shape index (κ1) is 33.9. The molecule has 4 aromatic rings. The smallest absolute Gasteiger partial charge is 0.494 e. The molecule has 2 amide bonds. The first-order valence-electron chi connectivity index (χ1n) is 15.6. The predicted octanol–water partition coefficient (Wildman–Crippen LogP) is 5.27. The number of hydrogen-bond acceptors (Lipinski definition) is 7. The number of ether oxygens (including phenoxy) is 2. The number of carbonyl (C=O) groups excluding carboxylic acids is 2. The van der Waals surface area contributed by atoms with Gasteiger partial charge in [0.15, 0.2) is 0 Å². The quantitative estimate of drug-likeness (QED) is 0.215. The topological polar surface area (TPSA) is 118 Å². The normalized spacial score (nSPS) is 18.6. The number of alkyl halides is 3. The van der Waals surface area contributed by atoms with E-state index in [2.05, 4.69) is 15.0 Å². The minimum Gasteiger partial charge on any atom is -0.494 e. The second-order valence-electron chi connectivity index (χ2n) is 11.8. The number of fused-ring (bicyclic) bond motifs is 1. The SMILES string of the molecule is CCOc1ccc(S(=O)(=O)N(Cc2ccc(C(=O)NC3C4CN(C(=O)c5ccc(OC(F)(F)F)cc5)CC43)cc2)Cc2ccccn2)cc1. The van der Waals surface area contributed by atoms with Crippen LogP contribution in [-0.4, -0.2) is 66.5 Å². The van der Waals surface area contributed by atoms with Gasteiger partial charge < -0.3 is 19.7 Å². The number of carbonyl (C=O) groups is 2. The highest BCUT2D eigenvalue weighted by Gasteiger charge is 2.57. The lowest BCUT2D eigenvalue weighted by Gasteiger charge is -2.22. The Kier molecular flexibility index (Phi) is 9.61. The number of sulfonamides is 1. The molecule has 0 spiro atoms.